The number of hydrogen-bond donors (Lipinski definition) is 0. The highest BCUT2D eigenvalue weighted by Crippen LogP contribution is 2.18. The third kappa shape index (κ3) is 4.70. The summed E-state index contributed by atoms with van der Waals surface area (Å²) < 4.78 is 32.3. The smallest absolute Gasteiger partial charge is 0.253 e. The van der Waals surface area contributed by atoms with Gasteiger partial charge in [-0.05, 0) is 29.8 Å². The maximum atomic E-state index is 13.0. The van der Waals surface area contributed by atoms with Crippen LogP contribution in [-0.4, -0.2) is 85.9 Å². The van der Waals surface area contributed by atoms with Crippen LogP contribution in [0.15, 0.2) is 53.7 Å². The van der Waals surface area contributed by atoms with Gasteiger partial charge in [0, 0.05) is 63.8 Å². The zero-order valence-corrected chi connectivity index (χ0v) is 17.6. The van der Waals surface area contributed by atoms with E-state index in [1.807, 2.05) is 24.3 Å². The number of hydrogen-bond acceptors (Lipinski definition) is 6. The summed E-state index contributed by atoms with van der Waals surface area (Å²) in [5.41, 5.74) is 1.74. The van der Waals surface area contributed by atoms with E-state index in [2.05, 4.69) is 9.88 Å². The average molecular weight is 431 g/mol. The van der Waals surface area contributed by atoms with Crippen molar-refractivity contribution >= 4 is 15.9 Å². The van der Waals surface area contributed by atoms with Gasteiger partial charge < -0.3 is 9.64 Å². The lowest BCUT2D eigenvalue weighted by atomic mass is 10.1. The number of carbonyl (C=O) groups is 1. The van der Waals surface area contributed by atoms with Crippen LogP contribution < -0.4 is 0 Å². The fourth-order valence-electron chi connectivity index (χ4n) is 3.78. The molecule has 0 bridgehead atoms. The molecule has 2 aromatic rings. The molecule has 0 N–H and O–H groups in total. The van der Waals surface area contributed by atoms with Gasteiger partial charge in [0.15, 0.2) is 0 Å². The van der Waals surface area contributed by atoms with E-state index in [4.69, 9.17) is 4.74 Å². The molecule has 2 saturated heterocycles. The highest BCUT2D eigenvalue weighted by molar-refractivity contribution is 7.89. The first kappa shape index (κ1) is 20.9. The van der Waals surface area contributed by atoms with Crippen LogP contribution in [0, 0.1) is 0 Å². The number of morpholine rings is 1. The molecule has 1 amide bonds. The molecule has 8 nitrogen and oxygen atoms in total. The highest BCUT2D eigenvalue weighted by atomic mass is 32.2. The molecule has 160 valence electrons. The molecular weight excluding hydrogens is 404 g/mol. The second kappa shape index (κ2) is 9.22. The Morgan fingerprint density at radius 2 is 1.77 bits per heavy atom. The van der Waals surface area contributed by atoms with E-state index in [1.54, 1.807) is 23.2 Å². The van der Waals surface area contributed by atoms with Crippen molar-refractivity contribution in [3.63, 3.8) is 0 Å². The zero-order valence-electron chi connectivity index (χ0n) is 16.8. The fourth-order valence-corrected chi connectivity index (χ4v) is 5.17. The second-order valence-electron chi connectivity index (χ2n) is 7.47. The van der Waals surface area contributed by atoms with Crippen molar-refractivity contribution in [3.05, 3.63) is 59.9 Å². The molecule has 0 radical (unpaired) electrons. The monoisotopic (exact) mass is 430 g/mol. The summed E-state index contributed by atoms with van der Waals surface area (Å²) in [4.78, 5) is 21.1. The SMILES string of the molecule is O=C(c1cccc(CN2CCOCC2)c1)N1CCN(S(=O)(=O)c2cccnc2)CC1. The molecule has 0 unspecified atom stereocenters. The maximum Gasteiger partial charge on any atom is 0.253 e. The zero-order chi connectivity index (χ0) is 21.0. The van der Waals surface area contributed by atoms with Crippen molar-refractivity contribution in [3.8, 4) is 0 Å². The summed E-state index contributed by atoms with van der Waals surface area (Å²) in [6, 6.07) is 10.9. The molecule has 2 fully saturated rings. The largest absolute Gasteiger partial charge is 0.379 e. The summed E-state index contributed by atoms with van der Waals surface area (Å²) >= 11 is 0. The minimum atomic E-state index is -3.58. The summed E-state index contributed by atoms with van der Waals surface area (Å²) in [5.74, 6) is -0.0581. The van der Waals surface area contributed by atoms with Crippen LogP contribution in [0.4, 0.5) is 0 Å². The first-order valence-electron chi connectivity index (χ1n) is 10.1. The second-order valence-corrected chi connectivity index (χ2v) is 9.41. The van der Waals surface area contributed by atoms with E-state index in [1.165, 1.54) is 10.5 Å². The molecule has 2 aliphatic rings. The van der Waals surface area contributed by atoms with Crippen molar-refractivity contribution in [1.82, 2.24) is 19.1 Å². The number of amides is 1. The van der Waals surface area contributed by atoms with Crippen LogP contribution in [-0.2, 0) is 21.3 Å². The Balaban J connectivity index is 1.38. The van der Waals surface area contributed by atoms with Gasteiger partial charge in [-0.1, -0.05) is 12.1 Å². The highest BCUT2D eigenvalue weighted by Gasteiger charge is 2.30. The Labute approximate surface area is 177 Å². The standard InChI is InChI=1S/C21H26N4O4S/c26-21(19-4-1-3-18(15-19)17-23-11-13-29-14-12-23)24-7-9-25(10-8-24)30(27,28)20-5-2-6-22-16-20/h1-6,15-16H,7-14,17H2. The van der Waals surface area contributed by atoms with E-state index in [-0.39, 0.29) is 23.9 Å². The predicted molar refractivity (Wildman–Crippen MR) is 111 cm³/mol. The quantitative estimate of drug-likeness (QED) is 0.706. The lowest BCUT2D eigenvalue weighted by molar-refractivity contribution is 0.0341. The Morgan fingerprint density at radius 3 is 2.47 bits per heavy atom. The molecule has 30 heavy (non-hydrogen) atoms. The van der Waals surface area contributed by atoms with Gasteiger partial charge in [-0.3, -0.25) is 14.7 Å². The summed E-state index contributed by atoms with van der Waals surface area (Å²) in [6.45, 7) is 5.35. The van der Waals surface area contributed by atoms with Crippen molar-refractivity contribution in [1.29, 1.82) is 0 Å². The predicted octanol–water partition coefficient (Wildman–Crippen LogP) is 1.06. The number of benzene rings is 1. The number of sulfonamides is 1. The van der Waals surface area contributed by atoms with Crippen LogP contribution in [0.25, 0.3) is 0 Å². The topological polar surface area (TPSA) is 83.0 Å². The fraction of sp³-hybridized carbons (Fsp3) is 0.429. The third-order valence-corrected chi connectivity index (χ3v) is 7.36. The summed E-state index contributed by atoms with van der Waals surface area (Å²) in [7, 11) is -3.58. The molecule has 1 aromatic heterocycles. The number of rotatable bonds is 5. The van der Waals surface area contributed by atoms with Gasteiger partial charge in [0.05, 0.1) is 13.2 Å². The lowest BCUT2D eigenvalue weighted by Gasteiger charge is -2.34. The number of aromatic nitrogens is 1. The Bertz CT molecular complexity index is 970. The van der Waals surface area contributed by atoms with Crippen LogP contribution in [0.3, 0.4) is 0 Å². The third-order valence-electron chi connectivity index (χ3n) is 5.48. The van der Waals surface area contributed by atoms with Crippen molar-refractivity contribution in [2.45, 2.75) is 11.4 Å². The summed E-state index contributed by atoms with van der Waals surface area (Å²) in [5, 5.41) is 0. The van der Waals surface area contributed by atoms with Gasteiger partial charge in [-0.2, -0.15) is 4.31 Å². The van der Waals surface area contributed by atoms with Gasteiger partial charge in [-0.15, -0.1) is 0 Å². The molecule has 1 aromatic carbocycles. The Morgan fingerprint density at radius 1 is 1.00 bits per heavy atom. The van der Waals surface area contributed by atoms with E-state index in [0.29, 0.717) is 18.7 Å². The maximum absolute atomic E-state index is 13.0. The number of carbonyl (C=O) groups excluding carboxylic acids is 1. The normalized spacial score (nSPS) is 19.0. The summed E-state index contributed by atoms with van der Waals surface area (Å²) in [6.07, 6.45) is 2.90. The molecule has 0 aliphatic carbocycles. The van der Waals surface area contributed by atoms with Crippen molar-refractivity contribution in [2.75, 3.05) is 52.5 Å². The average Bonchev–Trinajstić information content (AvgIpc) is 2.80. The molecule has 3 heterocycles. The number of ether oxygens (including phenoxy) is 1. The molecule has 2 aliphatic heterocycles. The van der Waals surface area contributed by atoms with Crippen molar-refractivity contribution < 1.29 is 17.9 Å². The lowest BCUT2D eigenvalue weighted by Crippen LogP contribution is -2.50. The minimum Gasteiger partial charge on any atom is -0.379 e. The first-order valence-corrected chi connectivity index (χ1v) is 11.6. The number of piperazine rings is 1. The number of pyridine rings is 1. The minimum absolute atomic E-state index is 0.0581. The van der Waals surface area contributed by atoms with Crippen LogP contribution >= 0.6 is 0 Å². The first-order chi connectivity index (χ1) is 14.5. The molecule has 4 rings (SSSR count). The van der Waals surface area contributed by atoms with Crippen LogP contribution in [0.2, 0.25) is 0 Å². The van der Waals surface area contributed by atoms with Gasteiger partial charge in [-0.25, -0.2) is 8.42 Å². The van der Waals surface area contributed by atoms with Crippen molar-refractivity contribution in [2.24, 2.45) is 0 Å². The van der Waals surface area contributed by atoms with E-state index >= 15 is 0 Å². The molecule has 0 spiro atoms. The van der Waals surface area contributed by atoms with Gasteiger partial charge in [0.2, 0.25) is 10.0 Å². The van der Waals surface area contributed by atoms with Gasteiger partial charge in [0.1, 0.15) is 4.90 Å². The van der Waals surface area contributed by atoms with E-state index < -0.39 is 10.0 Å². The van der Waals surface area contributed by atoms with Gasteiger partial charge in [0.25, 0.3) is 5.91 Å². The molecule has 9 heteroatoms. The van der Waals surface area contributed by atoms with E-state index in [9.17, 15) is 13.2 Å². The van der Waals surface area contributed by atoms with Crippen LogP contribution in [0.5, 0.6) is 0 Å². The number of nitrogens with zero attached hydrogens (tertiary/aromatic N) is 4. The Kier molecular flexibility index (Phi) is 6.43. The van der Waals surface area contributed by atoms with Gasteiger partial charge >= 0.3 is 0 Å². The van der Waals surface area contributed by atoms with E-state index in [0.717, 1.165) is 38.4 Å². The molecule has 0 atom stereocenters. The molecule has 0 saturated carbocycles. The molecular formula is C21H26N4O4S. The van der Waals surface area contributed by atoms with Crippen LogP contribution in [0.1, 0.15) is 15.9 Å². The Hall–Kier alpha value is -2.33.